The second-order valence-electron chi connectivity index (χ2n) is 3.82. The zero-order valence-corrected chi connectivity index (χ0v) is 11.3. The predicted molar refractivity (Wildman–Crippen MR) is 71.9 cm³/mol. The van der Waals surface area contributed by atoms with Crippen LogP contribution < -0.4 is 5.32 Å². The highest BCUT2D eigenvalue weighted by Crippen LogP contribution is 2.28. The molecule has 0 saturated heterocycles. The van der Waals surface area contributed by atoms with E-state index in [0.29, 0.717) is 10.7 Å². The van der Waals surface area contributed by atoms with E-state index in [1.807, 2.05) is 19.1 Å². The first-order chi connectivity index (χ1) is 9.11. The maximum atomic E-state index is 11.4. The number of esters is 1. The number of carbonyl (C=O) groups is 1. The fourth-order valence-corrected chi connectivity index (χ4v) is 1.80. The van der Waals surface area contributed by atoms with Crippen molar-refractivity contribution in [1.82, 2.24) is 4.98 Å². The van der Waals surface area contributed by atoms with E-state index in [2.05, 4.69) is 10.3 Å². The Morgan fingerprint density at radius 3 is 3.00 bits per heavy atom. The first-order valence-corrected chi connectivity index (χ1v) is 6.14. The molecule has 0 saturated carbocycles. The summed E-state index contributed by atoms with van der Waals surface area (Å²) in [6, 6.07) is 5.71. The van der Waals surface area contributed by atoms with Gasteiger partial charge in [-0.1, -0.05) is 23.7 Å². The molecule has 1 heterocycles. The lowest BCUT2D eigenvalue weighted by molar-refractivity contribution is 0.0519. The van der Waals surface area contributed by atoms with Gasteiger partial charge in [-0.2, -0.15) is 4.98 Å². The third-order valence-corrected chi connectivity index (χ3v) is 2.76. The van der Waals surface area contributed by atoms with Gasteiger partial charge in [-0.15, -0.1) is 0 Å². The molecule has 0 unspecified atom stereocenters. The van der Waals surface area contributed by atoms with Crippen molar-refractivity contribution in [3.8, 4) is 0 Å². The van der Waals surface area contributed by atoms with E-state index in [1.54, 1.807) is 13.0 Å². The first-order valence-electron chi connectivity index (χ1n) is 5.76. The fraction of sp³-hybridized carbons (Fsp3) is 0.231. The highest BCUT2D eigenvalue weighted by molar-refractivity contribution is 6.33. The van der Waals surface area contributed by atoms with Crippen molar-refractivity contribution >= 4 is 29.3 Å². The second-order valence-corrected chi connectivity index (χ2v) is 4.22. The SMILES string of the molecule is CCOC(=O)c1coc(Nc2c(C)cccc2Cl)n1. The predicted octanol–water partition coefficient (Wildman–Crippen LogP) is 3.56. The number of rotatable bonds is 4. The van der Waals surface area contributed by atoms with Crippen LogP contribution in [-0.4, -0.2) is 17.6 Å². The Balaban J connectivity index is 2.18. The minimum Gasteiger partial charge on any atom is -0.461 e. The number of ether oxygens (including phenoxy) is 1. The molecule has 0 amide bonds. The summed E-state index contributed by atoms with van der Waals surface area (Å²) in [6.07, 6.45) is 1.24. The number of nitrogens with one attached hydrogen (secondary N) is 1. The largest absolute Gasteiger partial charge is 0.461 e. The number of halogens is 1. The number of benzene rings is 1. The number of oxazole rings is 1. The molecule has 19 heavy (non-hydrogen) atoms. The quantitative estimate of drug-likeness (QED) is 0.868. The zero-order chi connectivity index (χ0) is 13.8. The van der Waals surface area contributed by atoms with Crippen LogP contribution in [-0.2, 0) is 4.74 Å². The molecule has 0 spiro atoms. The third kappa shape index (κ3) is 3.06. The van der Waals surface area contributed by atoms with Crippen LogP contribution in [0.5, 0.6) is 0 Å². The lowest BCUT2D eigenvalue weighted by Crippen LogP contribution is -2.05. The summed E-state index contributed by atoms with van der Waals surface area (Å²) in [6.45, 7) is 3.92. The summed E-state index contributed by atoms with van der Waals surface area (Å²) in [5.74, 6) is -0.518. The van der Waals surface area contributed by atoms with E-state index in [4.69, 9.17) is 20.8 Å². The van der Waals surface area contributed by atoms with Crippen LogP contribution in [0.2, 0.25) is 5.02 Å². The standard InChI is InChI=1S/C13H13ClN2O3/c1-3-18-12(17)10-7-19-13(15-10)16-11-8(2)5-4-6-9(11)14/h4-7H,3H2,1-2H3,(H,15,16). The maximum absolute atomic E-state index is 11.4. The van der Waals surface area contributed by atoms with Gasteiger partial charge in [0.25, 0.3) is 6.01 Å². The van der Waals surface area contributed by atoms with E-state index in [9.17, 15) is 4.79 Å². The molecule has 0 atom stereocenters. The molecule has 1 aromatic heterocycles. The van der Waals surface area contributed by atoms with E-state index in [1.165, 1.54) is 6.26 Å². The van der Waals surface area contributed by atoms with Crippen LogP contribution in [0.1, 0.15) is 23.0 Å². The average Bonchev–Trinajstić information content (AvgIpc) is 2.83. The first kappa shape index (κ1) is 13.4. The van der Waals surface area contributed by atoms with Gasteiger partial charge in [-0.25, -0.2) is 4.79 Å². The number of aromatic nitrogens is 1. The van der Waals surface area contributed by atoms with Crippen molar-refractivity contribution in [2.45, 2.75) is 13.8 Å². The van der Waals surface area contributed by atoms with Gasteiger partial charge in [-0.05, 0) is 25.5 Å². The van der Waals surface area contributed by atoms with Gasteiger partial charge < -0.3 is 14.5 Å². The number of aryl methyl sites for hydroxylation is 1. The molecule has 1 N–H and O–H groups in total. The number of nitrogens with zero attached hydrogens (tertiary/aromatic N) is 1. The van der Waals surface area contributed by atoms with Gasteiger partial charge in [0.05, 0.1) is 17.3 Å². The fourth-order valence-electron chi connectivity index (χ4n) is 1.53. The van der Waals surface area contributed by atoms with E-state index in [0.717, 1.165) is 5.56 Å². The second kappa shape index (κ2) is 5.75. The molecule has 6 heteroatoms. The van der Waals surface area contributed by atoms with Crippen molar-refractivity contribution in [1.29, 1.82) is 0 Å². The highest BCUT2D eigenvalue weighted by Gasteiger charge is 2.14. The monoisotopic (exact) mass is 280 g/mol. The van der Waals surface area contributed by atoms with Crippen LogP contribution in [0.15, 0.2) is 28.9 Å². The molecular weight excluding hydrogens is 268 g/mol. The average molecular weight is 281 g/mol. The lowest BCUT2D eigenvalue weighted by atomic mass is 10.2. The van der Waals surface area contributed by atoms with Gasteiger partial charge in [-0.3, -0.25) is 0 Å². The van der Waals surface area contributed by atoms with E-state index >= 15 is 0 Å². The Bertz CT molecular complexity index is 575. The number of carbonyl (C=O) groups excluding carboxylic acids is 1. The molecule has 0 fully saturated rings. The van der Waals surface area contributed by atoms with Gasteiger partial charge in [0, 0.05) is 0 Å². The molecule has 0 aliphatic carbocycles. The Hall–Kier alpha value is -2.01. The summed E-state index contributed by atoms with van der Waals surface area (Å²) in [7, 11) is 0. The molecule has 0 aliphatic rings. The summed E-state index contributed by atoms with van der Waals surface area (Å²) in [5, 5.41) is 3.49. The molecule has 0 bridgehead atoms. The molecular formula is C13H13ClN2O3. The van der Waals surface area contributed by atoms with Crippen molar-refractivity contribution in [2.75, 3.05) is 11.9 Å². The number of hydrogen-bond acceptors (Lipinski definition) is 5. The molecule has 2 aromatic rings. The van der Waals surface area contributed by atoms with Crippen molar-refractivity contribution in [3.63, 3.8) is 0 Å². The number of para-hydroxylation sites is 1. The topological polar surface area (TPSA) is 64.4 Å². The van der Waals surface area contributed by atoms with Crippen LogP contribution in [0.25, 0.3) is 0 Å². The van der Waals surface area contributed by atoms with Crippen LogP contribution in [0, 0.1) is 6.92 Å². The zero-order valence-electron chi connectivity index (χ0n) is 10.6. The smallest absolute Gasteiger partial charge is 0.360 e. The Morgan fingerprint density at radius 2 is 2.32 bits per heavy atom. The van der Waals surface area contributed by atoms with Crippen molar-refractivity contribution in [3.05, 3.63) is 40.7 Å². The highest BCUT2D eigenvalue weighted by atomic mass is 35.5. The normalized spacial score (nSPS) is 10.3. The summed E-state index contributed by atoms with van der Waals surface area (Å²) < 4.78 is 9.99. The van der Waals surface area contributed by atoms with Crippen molar-refractivity contribution < 1.29 is 13.9 Å². The molecule has 0 aliphatic heterocycles. The van der Waals surface area contributed by atoms with Gasteiger partial charge in [0.2, 0.25) is 0 Å². The van der Waals surface area contributed by atoms with E-state index < -0.39 is 5.97 Å². The number of anilines is 2. The number of hydrogen-bond donors (Lipinski definition) is 1. The minimum atomic E-state index is -0.518. The van der Waals surface area contributed by atoms with Crippen LogP contribution >= 0.6 is 11.6 Å². The van der Waals surface area contributed by atoms with Crippen LogP contribution in [0.4, 0.5) is 11.7 Å². The summed E-state index contributed by atoms with van der Waals surface area (Å²) in [5.41, 5.74) is 1.76. The molecule has 100 valence electrons. The van der Waals surface area contributed by atoms with Crippen molar-refractivity contribution in [2.24, 2.45) is 0 Å². The molecule has 0 radical (unpaired) electrons. The van der Waals surface area contributed by atoms with Crippen LogP contribution in [0.3, 0.4) is 0 Å². The maximum Gasteiger partial charge on any atom is 0.360 e. The molecule has 5 nitrogen and oxygen atoms in total. The molecule has 1 aromatic carbocycles. The van der Waals surface area contributed by atoms with Gasteiger partial charge in [0.1, 0.15) is 6.26 Å². The minimum absolute atomic E-state index is 0.119. The summed E-state index contributed by atoms with van der Waals surface area (Å²) >= 11 is 6.07. The summed E-state index contributed by atoms with van der Waals surface area (Å²) in [4.78, 5) is 15.4. The van der Waals surface area contributed by atoms with Gasteiger partial charge in [0.15, 0.2) is 5.69 Å². The third-order valence-electron chi connectivity index (χ3n) is 2.44. The molecule has 2 rings (SSSR count). The Morgan fingerprint density at radius 1 is 1.53 bits per heavy atom. The van der Waals surface area contributed by atoms with E-state index in [-0.39, 0.29) is 18.3 Å². The Kier molecular flexibility index (Phi) is 4.06. The van der Waals surface area contributed by atoms with Gasteiger partial charge >= 0.3 is 5.97 Å². The lowest BCUT2D eigenvalue weighted by Gasteiger charge is -2.07. The Labute approximate surface area is 115 Å².